The lowest BCUT2D eigenvalue weighted by Crippen LogP contribution is -2.32. The molecule has 1 nitrogen and oxygen atoms in total. The number of benzene rings is 1. The maximum Gasteiger partial charge on any atom is 0.146 e. The van der Waals surface area contributed by atoms with E-state index in [9.17, 15) is 8.78 Å². The van der Waals surface area contributed by atoms with E-state index in [1.54, 1.807) is 0 Å². The predicted molar refractivity (Wildman–Crippen MR) is 66.0 cm³/mol. The van der Waals surface area contributed by atoms with Crippen molar-refractivity contribution in [3.63, 3.8) is 0 Å². The summed E-state index contributed by atoms with van der Waals surface area (Å²) in [4.78, 5) is 0. The van der Waals surface area contributed by atoms with Crippen molar-refractivity contribution in [1.82, 2.24) is 0 Å². The van der Waals surface area contributed by atoms with Crippen LogP contribution in [-0.4, -0.2) is 6.04 Å². The lowest BCUT2D eigenvalue weighted by molar-refractivity contribution is 0.316. The number of halogens is 2. The number of anilines is 1. The van der Waals surface area contributed by atoms with Crippen molar-refractivity contribution in [3.8, 4) is 0 Å². The van der Waals surface area contributed by atoms with Crippen molar-refractivity contribution in [2.45, 2.75) is 45.1 Å². The highest BCUT2D eigenvalue weighted by Gasteiger charge is 2.24. The molecule has 94 valence electrons. The molecule has 0 spiro atoms. The smallest absolute Gasteiger partial charge is 0.146 e. The summed E-state index contributed by atoms with van der Waals surface area (Å²) < 4.78 is 26.6. The Bertz CT molecular complexity index is 378. The Balaban J connectivity index is 2.10. The molecule has 2 rings (SSSR count). The topological polar surface area (TPSA) is 12.0 Å². The van der Waals surface area contributed by atoms with Crippen LogP contribution in [0.4, 0.5) is 14.5 Å². The molecule has 0 amide bonds. The third-order valence-electron chi connectivity index (χ3n) is 3.70. The first-order valence-corrected chi connectivity index (χ1v) is 6.42. The van der Waals surface area contributed by atoms with Crippen LogP contribution in [0.5, 0.6) is 0 Å². The van der Waals surface area contributed by atoms with Gasteiger partial charge in [-0.3, -0.25) is 0 Å². The Kier molecular flexibility index (Phi) is 3.97. The molecule has 1 aliphatic carbocycles. The minimum Gasteiger partial charge on any atom is -0.380 e. The highest BCUT2D eigenvalue weighted by molar-refractivity contribution is 5.46. The average molecular weight is 239 g/mol. The summed E-state index contributed by atoms with van der Waals surface area (Å²) >= 11 is 0. The van der Waals surface area contributed by atoms with Crippen LogP contribution in [0.2, 0.25) is 0 Å². The zero-order valence-electron chi connectivity index (χ0n) is 10.2. The largest absolute Gasteiger partial charge is 0.380 e. The molecular formula is C14H19F2N. The molecule has 2 atom stereocenters. The predicted octanol–water partition coefficient (Wildman–Crippen LogP) is 4.35. The van der Waals surface area contributed by atoms with E-state index in [4.69, 9.17) is 0 Å². The minimum absolute atomic E-state index is 0.282. The maximum atomic E-state index is 13.5. The third-order valence-corrected chi connectivity index (χ3v) is 3.70. The average Bonchev–Trinajstić information content (AvgIpc) is 2.34. The first-order valence-electron chi connectivity index (χ1n) is 6.42. The summed E-state index contributed by atoms with van der Waals surface area (Å²) in [5.41, 5.74) is 0.301. The Morgan fingerprint density at radius 2 is 2.00 bits per heavy atom. The zero-order valence-corrected chi connectivity index (χ0v) is 10.2. The van der Waals surface area contributed by atoms with Crippen LogP contribution in [0.3, 0.4) is 0 Å². The molecule has 2 unspecified atom stereocenters. The van der Waals surface area contributed by atoms with Gasteiger partial charge in [0.05, 0.1) is 5.69 Å². The van der Waals surface area contributed by atoms with Crippen molar-refractivity contribution in [1.29, 1.82) is 0 Å². The number of hydrogen-bond donors (Lipinski definition) is 1. The van der Waals surface area contributed by atoms with E-state index in [1.807, 2.05) is 0 Å². The molecule has 1 fully saturated rings. The molecule has 0 bridgehead atoms. The molecule has 3 heteroatoms. The van der Waals surface area contributed by atoms with Crippen molar-refractivity contribution in [2.75, 3.05) is 5.32 Å². The van der Waals surface area contributed by atoms with E-state index in [0.717, 1.165) is 18.9 Å². The van der Waals surface area contributed by atoms with Gasteiger partial charge in [0.25, 0.3) is 0 Å². The van der Waals surface area contributed by atoms with Crippen LogP contribution in [-0.2, 0) is 0 Å². The number of nitrogens with one attached hydrogen (secondary N) is 1. The molecule has 1 aromatic carbocycles. The summed E-state index contributed by atoms with van der Waals surface area (Å²) in [5.74, 6) is -0.184. The van der Waals surface area contributed by atoms with E-state index >= 15 is 0 Å². The van der Waals surface area contributed by atoms with Gasteiger partial charge in [-0.05, 0) is 37.0 Å². The zero-order chi connectivity index (χ0) is 12.3. The summed E-state index contributed by atoms with van der Waals surface area (Å²) in [6.07, 6.45) is 5.75. The molecule has 1 N–H and O–H groups in total. The van der Waals surface area contributed by atoms with Gasteiger partial charge in [0, 0.05) is 6.04 Å². The van der Waals surface area contributed by atoms with E-state index in [2.05, 4.69) is 12.2 Å². The molecule has 0 aliphatic heterocycles. The second-order valence-electron chi connectivity index (χ2n) is 4.83. The van der Waals surface area contributed by atoms with Crippen molar-refractivity contribution < 1.29 is 8.78 Å². The summed E-state index contributed by atoms with van der Waals surface area (Å²) in [5, 5.41) is 3.18. The summed E-state index contributed by atoms with van der Waals surface area (Å²) in [7, 11) is 0. The minimum atomic E-state index is -0.391. The van der Waals surface area contributed by atoms with Gasteiger partial charge in [-0.2, -0.15) is 0 Å². The normalized spacial score (nSPS) is 24.6. The fourth-order valence-corrected chi connectivity index (χ4v) is 2.69. The van der Waals surface area contributed by atoms with E-state index in [-0.39, 0.29) is 11.9 Å². The number of hydrogen-bond acceptors (Lipinski definition) is 1. The van der Waals surface area contributed by atoms with E-state index in [1.165, 1.54) is 31.4 Å². The summed E-state index contributed by atoms with van der Waals surface area (Å²) in [6.45, 7) is 2.16. The van der Waals surface area contributed by atoms with Crippen LogP contribution < -0.4 is 5.32 Å². The monoisotopic (exact) mass is 239 g/mol. The molecule has 1 aliphatic rings. The summed E-state index contributed by atoms with van der Waals surface area (Å²) in [6, 6.07) is 3.86. The molecule has 0 aromatic heterocycles. The van der Waals surface area contributed by atoms with E-state index < -0.39 is 5.82 Å². The molecular weight excluding hydrogens is 220 g/mol. The van der Waals surface area contributed by atoms with E-state index in [0.29, 0.717) is 11.6 Å². The fourth-order valence-electron chi connectivity index (χ4n) is 2.69. The van der Waals surface area contributed by atoms with Gasteiger partial charge >= 0.3 is 0 Å². The second kappa shape index (κ2) is 5.48. The Labute approximate surface area is 101 Å². The molecule has 1 saturated carbocycles. The van der Waals surface area contributed by atoms with Crippen LogP contribution in [0, 0.1) is 17.6 Å². The van der Waals surface area contributed by atoms with Crippen LogP contribution >= 0.6 is 0 Å². The van der Waals surface area contributed by atoms with Crippen LogP contribution in [0.25, 0.3) is 0 Å². The van der Waals surface area contributed by atoms with Gasteiger partial charge in [-0.25, -0.2) is 8.78 Å². The molecule has 1 aromatic rings. The van der Waals surface area contributed by atoms with Crippen molar-refractivity contribution in [3.05, 3.63) is 29.8 Å². The van der Waals surface area contributed by atoms with Crippen LogP contribution in [0.15, 0.2) is 18.2 Å². The highest BCUT2D eigenvalue weighted by Crippen LogP contribution is 2.30. The lowest BCUT2D eigenvalue weighted by atomic mass is 9.83. The molecule has 0 radical (unpaired) electrons. The Hall–Kier alpha value is -1.12. The highest BCUT2D eigenvalue weighted by atomic mass is 19.1. The Morgan fingerprint density at radius 3 is 2.76 bits per heavy atom. The Morgan fingerprint density at radius 1 is 1.24 bits per heavy atom. The quantitative estimate of drug-likeness (QED) is 0.827. The third kappa shape index (κ3) is 2.96. The molecule has 0 saturated heterocycles. The first kappa shape index (κ1) is 12.3. The standard InChI is InChI=1S/C14H19F2N/c1-2-10-5-3-4-6-13(10)17-14-9-11(15)7-8-12(14)16/h7-10,13,17H,2-6H2,1H3. The SMILES string of the molecule is CCC1CCCCC1Nc1cc(F)ccc1F. The number of rotatable bonds is 3. The van der Waals surface area contributed by atoms with Gasteiger partial charge < -0.3 is 5.32 Å². The van der Waals surface area contributed by atoms with Crippen molar-refractivity contribution in [2.24, 2.45) is 5.92 Å². The van der Waals surface area contributed by atoms with Gasteiger partial charge in [0.15, 0.2) is 0 Å². The lowest BCUT2D eigenvalue weighted by Gasteiger charge is -2.32. The van der Waals surface area contributed by atoms with Gasteiger partial charge in [0.2, 0.25) is 0 Å². The second-order valence-corrected chi connectivity index (χ2v) is 4.83. The van der Waals surface area contributed by atoms with Gasteiger partial charge in [-0.1, -0.05) is 26.2 Å². The molecule has 0 heterocycles. The maximum absolute atomic E-state index is 13.5. The van der Waals surface area contributed by atoms with Gasteiger partial charge in [0.1, 0.15) is 11.6 Å². The van der Waals surface area contributed by atoms with Crippen LogP contribution in [0.1, 0.15) is 39.0 Å². The molecule has 17 heavy (non-hydrogen) atoms. The van der Waals surface area contributed by atoms with Crippen molar-refractivity contribution >= 4 is 5.69 Å². The van der Waals surface area contributed by atoms with Gasteiger partial charge in [-0.15, -0.1) is 0 Å². The fraction of sp³-hybridized carbons (Fsp3) is 0.571. The first-order chi connectivity index (χ1) is 8.20.